The second-order valence-corrected chi connectivity index (χ2v) is 9.57. The third-order valence-corrected chi connectivity index (χ3v) is 6.94. The molecule has 0 bridgehead atoms. The monoisotopic (exact) mass is 458 g/mol. The molecular formula is C27H34N6O. The smallest absolute Gasteiger partial charge is 0.257 e. The van der Waals surface area contributed by atoms with E-state index in [1.807, 2.05) is 6.07 Å². The highest BCUT2D eigenvalue weighted by Gasteiger charge is 2.22. The van der Waals surface area contributed by atoms with Crippen LogP contribution in [0.2, 0.25) is 0 Å². The third-order valence-electron chi connectivity index (χ3n) is 6.94. The van der Waals surface area contributed by atoms with Gasteiger partial charge in [0.05, 0.1) is 11.3 Å². The summed E-state index contributed by atoms with van der Waals surface area (Å²) < 4.78 is 0. The fourth-order valence-corrected chi connectivity index (χ4v) is 4.91. The summed E-state index contributed by atoms with van der Waals surface area (Å²) in [4.78, 5) is 27.8. The molecule has 3 aromatic rings. The normalized spacial score (nSPS) is 17.1. The van der Waals surface area contributed by atoms with Crippen molar-refractivity contribution in [2.45, 2.75) is 39.4 Å². The third kappa shape index (κ3) is 5.16. The lowest BCUT2D eigenvalue weighted by Gasteiger charge is -2.38. The number of aromatic nitrogens is 2. The maximum absolute atomic E-state index is 12.8. The standard InChI is InChI=1S/C27H34N6O/c1-20(2)32-14-16-33(17-15-32)23-10-8-22(9-11-23)28-27-29-25-12-13-31(19-24(25)26(34)30-27)18-21-6-4-3-5-7-21/h3-11,20H,12-19H2,1-2H3,(H2,28,29,30,34). The van der Waals surface area contributed by atoms with Gasteiger partial charge in [-0.2, -0.15) is 0 Å². The van der Waals surface area contributed by atoms with Crippen LogP contribution in [-0.4, -0.2) is 58.5 Å². The second kappa shape index (κ2) is 9.99. The number of nitrogens with zero attached hydrogens (tertiary/aromatic N) is 4. The molecule has 2 aliphatic rings. The van der Waals surface area contributed by atoms with E-state index in [1.165, 1.54) is 11.3 Å². The zero-order valence-corrected chi connectivity index (χ0v) is 20.1. The van der Waals surface area contributed by atoms with Gasteiger partial charge < -0.3 is 10.2 Å². The number of rotatable bonds is 6. The SMILES string of the molecule is CC(C)N1CCN(c2ccc(Nc3nc4c(c(=O)[nH]3)CN(Cc3ccccc3)CC4)cc2)CC1. The highest BCUT2D eigenvalue weighted by molar-refractivity contribution is 5.59. The number of benzene rings is 2. The molecule has 34 heavy (non-hydrogen) atoms. The van der Waals surface area contributed by atoms with Crippen LogP contribution >= 0.6 is 0 Å². The first-order valence-corrected chi connectivity index (χ1v) is 12.3. The fraction of sp³-hybridized carbons (Fsp3) is 0.407. The Morgan fingerprint density at radius 3 is 2.41 bits per heavy atom. The molecule has 0 radical (unpaired) electrons. The summed E-state index contributed by atoms with van der Waals surface area (Å²) in [6.45, 7) is 11.2. The van der Waals surface area contributed by atoms with E-state index >= 15 is 0 Å². The van der Waals surface area contributed by atoms with E-state index in [9.17, 15) is 4.79 Å². The van der Waals surface area contributed by atoms with Crippen LogP contribution < -0.4 is 15.8 Å². The van der Waals surface area contributed by atoms with Gasteiger partial charge in [-0.05, 0) is 43.7 Å². The fourth-order valence-electron chi connectivity index (χ4n) is 4.91. The van der Waals surface area contributed by atoms with Crippen LogP contribution in [0.15, 0.2) is 59.4 Å². The summed E-state index contributed by atoms with van der Waals surface area (Å²) in [5, 5.41) is 3.29. The average Bonchev–Trinajstić information content (AvgIpc) is 2.86. The van der Waals surface area contributed by atoms with E-state index in [2.05, 4.69) is 87.4 Å². The minimum Gasteiger partial charge on any atom is -0.369 e. The summed E-state index contributed by atoms with van der Waals surface area (Å²) in [6, 6.07) is 19.4. The van der Waals surface area contributed by atoms with Gasteiger partial charge >= 0.3 is 0 Å². The van der Waals surface area contributed by atoms with E-state index in [-0.39, 0.29) is 5.56 Å². The van der Waals surface area contributed by atoms with Gasteiger partial charge in [0.25, 0.3) is 5.56 Å². The van der Waals surface area contributed by atoms with E-state index in [0.29, 0.717) is 18.5 Å². The topological polar surface area (TPSA) is 67.5 Å². The molecular weight excluding hydrogens is 424 g/mol. The van der Waals surface area contributed by atoms with Crippen molar-refractivity contribution in [2.24, 2.45) is 0 Å². The maximum atomic E-state index is 12.8. The predicted molar refractivity (Wildman–Crippen MR) is 138 cm³/mol. The number of hydrogen-bond acceptors (Lipinski definition) is 6. The van der Waals surface area contributed by atoms with Gasteiger partial charge in [0, 0.05) is 69.7 Å². The van der Waals surface area contributed by atoms with Crippen molar-refractivity contribution in [3.05, 3.63) is 81.8 Å². The summed E-state index contributed by atoms with van der Waals surface area (Å²) in [6.07, 6.45) is 0.780. The molecule has 0 unspecified atom stereocenters. The number of H-pyrrole nitrogens is 1. The van der Waals surface area contributed by atoms with Crippen LogP contribution in [0.1, 0.15) is 30.7 Å². The van der Waals surface area contributed by atoms with Crippen molar-refractivity contribution in [3.63, 3.8) is 0 Å². The Balaban J connectivity index is 1.22. The van der Waals surface area contributed by atoms with Gasteiger partial charge in [0.1, 0.15) is 0 Å². The number of nitrogens with one attached hydrogen (secondary N) is 2. The first-order chi connectivity index (χ1) is 16.5. The molecule has 5 rings (SSSR count). The van der Waals surface area contributed by atoms with E-state index in [0.717, 1.165) is 62.6 Å². The minimum absolute atomic E-state index is 0.0510. The highest BCUT2D eigenvalue weighted by Crippen LogP contribution is 2.23. The first kappa shape index (κ1) is 22.6. The first-order valence-electron chi connectivity index (χ1n) is 12.3. The predicted octanol–water partition coefficient (Wildman–Crippen LogP) is 3.60. The number of fused-ring (bicyclic) bond motifs is 1. The second-order valence-electron chi connectivity index (χ2n) is 9.57. The summed E-state index contributed by atoms with van der Waals surface area (Å²) in [7, 11) is 0. The van der Waals surface area contributed by atoms with Crippen LogP contribution in [0.3, 0.4) is 0 Å². The molecule has 0 amide bonds. The zero-order chi connectivity index (χ0) is 23.5. The number of hydrogen-bond donors (Lipinski definition) is 2. The molecule has 0 spiro atoms. The summed E-state index contributed by atoms with van der Waals surface area (Å²) in [5.74, 6) is 0.513. The number of anilines is 3. The number of piperazine rings is 1. The molecule has 178 valence electrons. The Labute approximate surface area is 201 Å². The van der Waals surface area contributed by atoms with Crippen LogP contribution in [-0.2, 0) is 19.5 Å². The molecule has 2 aliphatic heterocycles. The van der Waals surface area contributed by atoms with Gasteiger partial charge in [0.15, 0.2) is 0 Å². The quantitative estimate of drug-likeness (QED) is 0.588. The molecule has 0 saturated carbocycles. The Hall–Kier alpha value is -3.16. The molecule has 2 aromatic carbocycles. The molecule has 1 aromatic heterocycles. The highest BCUT2D eigenvalue weighted by atomic mass is 16.1. The van der Waals surface area contributed by atoms with Gasteiger partial charge in [-0.25, -0.2) is 4.98 Å². The van der Waals surface area contributed by atoms with Crippen LogP contribution in [0.25, 0.3) is 0 Å². The van der Waals surface area contributed by atoms with Crippen molar-refractivity contribution >= 4 is 17.3 Å². The molecule has 0 aliphatic carbocycles. The molecule has 1 fully saturated rings. The van der Waals surface area contributed by atoms with Gasteiger partial charge in [-0.15, -0.1) is 0 Å². The number of aromatic amines is 1. The molecule has 3 heterocycles. The Kier molecular flexibility index (Phi) is 6.65. The minimum atomic E-state index is -0.0510. The molecule has 7 heteroatoms. The van der Waals surface area contributed by atoms with Crippen molar-refractivity contribution < 1.29 is 0 Å². The van der Waals surface area contributed by atoms with E-state index in [1.54, 1.807) is 0 Å². The van der Waals surface area contributed by atoms with Gasteiger partial charge in [-0.1, -0.05) is 30.3 Å². The van der Waals surface area contributed by atoms with Crippen LogP contribution in [0.5, 0.6) is 0 Å². The van der Waals surface area contributed by atoms with Crippen molar-refractivity contribution in [3.8, 4) is 0 Å². The Bertz CT molecular complexity index is 1150. The van der Waals surface area contributed by atoms with Crippen molar-refractivity contribution in [1.82, 2.24) is 19.8 Å². The molecule has 0 atom stereocenters. The van der Waals surface area contributed by atoms with Crippen LogP contribution in [0.4, 0.5) is 17.3 Å². The lowest BCUT2D eigenvalue weighted by atomic mass is 10.1. The molecule has 1 saturated heterocycles. The Morgan fingerprint density at radius 2 is 1.71 bits per heavy atom. The lowest BCUT2D eigenvalue weighted by molar-refractivity contribution is 0.209. The summed E-state index contributed by atoms with van der Waals surface area (Å²) in [5.41, 5.74) is 5.05. The van der Waals surface area contributed by atoms with Crippen molar-refractivity contribution in [1.29, 1.82) is 0 Å². The molecule has 7 nitrogen and oxygen atoms in total. The van der Waals surface area contributed by atoms with E-state index in [4.69, 9.17) is 4.98 Å². The van der Waals surface area contributed by atoms with Gasteiger partial charge in [0.2, 0.25) is 5.95 Å². The Morgan fingerprint density at radius 1 is 0.971 bits per heavy atom. The summed E-state index contributed by atoms with van der Waals surface area (Å²) >= 11 is 0. The van der Waals surface area contributed by atoms with Crippen LogP contribution in [0, 0.1) is 0 Å². The van der Waals surface area contributed by atoms with Gasteiger partial charge in [-0.3, -0.25) is 19.6 Å². The zero-order valence-electron chi connectivity index (χ0n) is 20.1. The maximum Gasteiger partial charge on any atom is 0.257 e. The lowest BCUT2D eigenvalue weighted by Crippen LogP contribution is -2.48. The average molecular weight is 459 g/mol. The largest absolute Gasteiger partial charge is 0.369 e. The molecule has 2 N–H and O–H groups in total. The van der Waals surface area contributed by atoms with Crippen molar-refractivity contribution in [2.75, 3.05) is 42.9 Å². The van der Waals surface area contributed by atoms with E-state index < -0.39 is 0 Å².